The summed E-state index contributed by atoms with van der Waals surface area (Å²) >= 11 is 0. The van der Waals surface area contributed by atoms with Crippen LogP contribution in [0.5, 0.6) is 0 Å². The minimum absolute atomic E-state index is 0.0585. The highest BCUT2D eigenvalue weighted by molar-refractivity contribution is 5.88. The molecule has 0 atom stereocenters. The normalized spacial score (nSPS) is 9.90. The Bertz CT molecular complexity index is 746. The smallest absolute Gasteiger partial charge is 0.341 e. The Morgan fingerprint density at radius 1 is 1.57 bits per heavy atom. The summed E-state index contributed by atoms with van der Waals surface area (Å²) in [7, 11) is 0. The van der Waals surface area contributed by atoms with E-state index >= 15 is 0 Å². The molecule has 0 aliphatic carbocycles. The van der Waals surface area contributed by atoms with Crippen LogP contribution in [0.3, 0.4) is 0 Å². The van der Waals surface area contributed by atoms with E-state index in [0.717, 1.165) is 10.7 Å². The topological polar surface area (TPSA) is 124 Å². The molecule has 2 heterocycles. The average molecular weight is 287 g/mol. The van der Waals surface area contributed by atoms with Crippen molar-refractivity contribution in [3.05, 3.63) is 45.9 Å². The summed E-state index contributed by atoms with van der Waals surface area (Å²) in [5.41, 5.74) is -0.173. The van der Waals surface area contributed by atoms with Crippen molar-refractivity contribution >= 4 is 11.7 Å². The van der Waals surface area contributed by atoms with Crippen LogP contribution in [-0.4, -0.2) is 32.3 Å². The highest BCUT2D eigenvalue weighted by atomic mass is 16.6. The zero-order chi connectivity index (χ0) is 15.4. The third kappa shape index (κ3) is 2.84. The van der Waals surface area contributed by atoms with Gasteiger partial charge in [-0.2, -0.15) is 10.4 Å². The minimum atomic E-state index is -0.672. The number of carbonyl (C=O) groups excluding carboxylic acids is 1. The zero-order valence-electron chi connectivity index (χ0n) is 10.9. The Kier molecular flexibility index (Phi) is 3.90. The second-order valence-electron chi connectivity index (χ2n) is 3.83. The van der Waals surface area contributed by atoms with E-state index < -0.39 is 10.9 Å². The Morgan fingerprint density at radius 2 is 2.33 bits per heavy atom. The zero-order valence-corrected chi connectivity index (χ0v) is 10.9. The van der Waals surface area contributed by atoms with Gasteiger partial charge in [-0.25, -0.2) is 14.5 Å². The van der Waals surface area contributed by atoms with Gasteiger partial charge >= 0.3 is 11.7 Å². The number of nitriles is 1. The molecule has 9 nitrogen and oxygen atoms in total. The van der Waals surface area contributed by atoms with E-state index in [1.807, 2.05) is 0 Å². The summed E-state index contributed by atoms with van der Waals surface area (Å²) in [6.07, 6.45) is 3.69. The monoisotopic (exact) mass is 287 g/mol. The summed E-state index contributed by atoms with van der Waals surface area (Å²) in [5, 5.41) is 23.6. The SMILES string of the molecule is CCOC(=O)c1cnn(-c2ncc(C#N)cc2[N+](=O)[O-])c1. The molecular formula is C12H9N5O4. The minimum Gasteiger partial charge on any atom is -0.462 e. The number of carbonyl (C=O) groups is 1. The number of ether oxygens (including phenoxy) is 1. The Balaban J connectivity index is 2.45. The van der Waals surface area contributed by atoms with E-state index in [0.29, 0.717) is 0 Å². The quantitative estimate of drug-likeness (QED) is 0.470. The number of hydrogen-bond acceptors (Lipinski definition) is 7. The van der Waals surface area contributed by atoms with Crippen molar-refractivity contribution in [1.29, 1.82) is 5.26 Å². The molecular weight excluding hydrogens is 278 g/mol. The van der Waals surface area contributed by atoms with Gasteiger partial charge in [-0.3, -0.25) is 10.1 Å². The number of nitrogens with zero attached hydrogens (tertiary/aromatic N) is 5. The summed E-state index contributed by atoms with van der Waals surface area (Å²) in [5.74, 6) is -0.672. The second kappa shape index (κ2) is 5.79. The van der Waals surface area contributed by atoms with Crippen molar-refractivity contribution in [1.82, 2.24) is 14.8 Å². The maximum Gasteiger partial charge on any atom is 0.341 e. The van der Waals surface area contributed by atoms with E-state index in [-0.39, 0.29) is 29.2 Å². The van der Waals surface area contributed by atoms with Gasteiger partial charge in [0.15, 0.2) is 0 Å². The maximum absolute atomic E-state index is 11.5. The molecule has 0 saturated carbocycles. The van der Waals surface area contributed by atoms with Gasteiger partial charge in [-0.15, -0.1) is 0 Å². The van der Waals surface area contributed by atoms with Crippen LogP contribution in [0.25, 0.3) is 5.82 Å². The first-order chi connectivity index (χ1) is 10.1. The molecule has 0 bridgehead atoms. The first-order valence-corrected chi connectivity index (χ1v) is 5.83. The van der Waals surface area contributed by atoms with Crippen LogP contribution >= 0.6 is 0 Å². The lowest BCUT2D eigenvalue weighted by molar-refractivity contribution is -0.385. The number of aromatic nitrogens is 3. The van der Waals surface area contributed by atoms with E-state index in [1.54, 1.807) is 13.0 Å². The van der Waals surface area contributed by atoms with E-state index in [2.05, 4.69) is 10.1 Å². The fourth-order valence-electron chi connectivity index (χ4n) is 1.58. The van der Waals surface area contributed by atoms with Crippen LogP contribution in [0.1, 0.15) is 22.8 Å². The molecule has 21 heavy (non-hydrogen) atoms. The molecule has 0 saturated heterocycles. The molecule has 0 aliphatic heterocycles. The lowest BCUT2D eigenvalue weighted by Crippen LogP contribution is -2.05. The van der Waals surface area contributed by atoms with Gasteiger partial charge in [0.25, 0.3) is 0 Å². The number of esters is 1. The van der Waals surface area contributed by atoms with Crippen molar-refractivity contribution < 1.29 is 14.5 Å². The van der Waals surface area contributed by atoms with Crippen LogP contribution in [0.15, 0.2) is 24.7 Å². The van der Waals surface area contributed by atoms with Gasteiger partial charge in [0.05, 0.1) is 28.9 Å². The third-order valence-electron chi connectivity index (χ3n) is 2.48. The van der Waals surface area contributed by atoms with Gasteiger partial charge in [0, 0.05) is 18.5 Å². The molecule has 0 unspecified atom stereocenters. The second-order valence-corrected chi connectivity index (χ2v) is 3.83. The van der Waals surface area contributed by atoms with Crippen LogP contribution < -0.4 is 0 Å². The summed E-state index contributed by atoms with van der Waals surface area (Å²) in [6, 6.07) is 2.86. The maximum atomic E-state index is 11.5. The van der Waals surface area contributed by atoms with Gasteiger partial charge in [-0.05, 0) is 6.92 Å². The van der Waals surface area contributed by atoms with Gasteiger partial charge in [0.1, 0.15) is 6.07 Å². The van der Waals surface area contributed by atoms with Crippen molar-refractivity contribution in [2.24, 2.45) is 0 Å². The van der Waals surface area contributed by atoms with Gasteiger partial charge in [-0.1, -0.05) is 0 Å². The number of pyridine rings is 1. The number of rotatable bonds is 4. The predicted octanol–water partition coefficient (Wildman–Crippen LogP) is 1.22. The van der Waals surface area contributed by atoms with Crippen molar-refractivity contribution in [2.75, 3.05) is 6.61 Å². The van der Waals surface area contributed by atoms with Crippen LogP contribution in [0, 0.1) is 21.4 Å². The van der Waals surface area contributed by atoms with Crippen molar-refractivity contribution in [3.8, 4) is 11.9 Å². The average Bonchev–Trinajstić information content (AvgIpc) is 2.96. The van der Waals surface area contributed by atoms with Gasteiger partial charge in [0.2, 0.25) is 5.82 Å². The third-order valence-corrected chi connectivity index (χ3v) is 2.48. The Morgan fingerprint density at radius 3 is 2.95 bits per heavy atom. The molecule has 0 spiro atoms. The van der Waals surface area contributed by atoms with Crippen LogP contribution in [-0.2, 0) is 4.74 Å². The molecule has 2 aromatic heterocycles. The van der Waals surface area contributed by atoms with Crippen LogP contribution in [0.4, 0.5) is 5.69 Å². The standard InChI is InChI=1S/C12H9N5O4/c1-2-21-12(18)9-6-15-16(7-9)11-10(17(19)20)3-8(4-13)5-14-11/h3,5-7H,2H2,1H3. The lowest BCUT2D eigenvalue weighted by Gasteiger charge is -2.01. The Labute approximate surface area is 118 Å². The van der Waals surface area contributed by atoms with E-state index in [1.165, 1.54) is 18.6 Å². The van der Waals surface area contributed by atoms with Gasteiger partial charge < -0.3 is 4.74 Å². The van der Waals surface area contributed by atoms with E-state index in [4.69, 9.17) is 10.00 Å². The number of hydrogen-bond donors (Lipinski definition) is 0. The molecule has 0 aromatic carbocycles. The molecule has 106 valence electrons. The van der Waals surface area contributed by atoms with E-state index in [9.17, 15) is 14.9 Å². The molecule has 0 N–H and O–H groups in total. The van der Waals surface area contributed by atoms with Crippen molar-refractivity contribution in [3.63, 3.8) is 0 Å². The van der Waals surface area contributed by atoms with Crippen molar-refractivity contribution in [2.45, 2.75) is 6.92 Å². The molecule has 2 aromatic rings. The molecule has 9 heteroatoms. The Hall–Kier alpha value is -3.28. The summed E-state index contributed by atoms with van der Waals surface area (Å²) in [6.45, 7) is 1.87. The summed E-state index contributed by atoms with van der Waals surface area (Å²) < 4.78 is 5.89. The lowest BCUT2D eigenvalue weighted by atomic mass is 10.3. The molecule has 0 radical (unpaired) electrons. The largest absolute Gasteiger partial charge is 0.462 e. The molecule has 0 aliphatic rings. The molecule has 2 rings (SSSR count). The highest BCUT2D eigenvalue weighted by Gasteiger charge is 2.20. The number of nitro groups is 1. The predicted molar refractivity (Wildman–Crippen MR) is 68.7 cm³/mol. The fourth-order valence-corrected chi connectivity index (χ4v) is 1.58. The first-order valence-electron chi connectivity index (χ1n) is 5.83. The fraction of sp³-hybridized carbons (Fsp3) is 0.167. The molecule has 0 amide bonds. The first kappa shape index (κ1) is 14.1. The summed E-state index contributed by atoms with van der Waals surface area (Å²) in [4.78, 5) is 25.7. The van der Waals surface area contributed by atoms with Crippen LogP contribution in [0.2, 0.25) is 0 Å². The molecule has 0 fully saturated rings. The highest BCUT2D eigenvalue weighted by Crippen LogP contribution is 2.21.